The molecule has 2 aromatic carbocycles. The van der Waals surface area contributed by atoms with Gasteiger partial charge in [0.15, 0.2) is 5.60 Å². The van der Waals surface area contributed by atoms with E-state index in [-0.39, 0.29) is 11.9 Å². The smallest absolute Gasteiger partial charge is 0.262 e. The van der Waals surface area contributed by atoms with E-state index in [4.69, 9.17) is 4.74 Å². The Bertz CT molecular complexity index is 647. The van der Waals surface area contributed by atoms with Crippen molar-refractivity contribution in [2.24, 2.45) is 0 Å². The highest BCUT2D eigenvalue weighted by molar-refractivity contribution is 6.08. The van der Waals surface area contributed by atoms with E-state index in [0.717, 1.165) is 24.1 Å². The predicted molar refractivity (Wildman–Crippen MR) is 81.0 cm³/mol. The molecule has 1 amide bonds. The van der Waals surface area contributed by atoms with E-state index in [2.05, 4.69) is 12.1 Å². The number of carbonyl (C=O) groups excluding carboxylic acids is 1. The molecule has 2 fully saturated rings. The van der Waals surface area contributed by atoms with E-state index >= 15 is 0 Å². The molecule has 0 N–H and O–H groups in total. The topological polar surface area (TPSA) is 29.5 Å². The van der Waals surface area contributed by atoms with E-state index < -0.39 is 5.60 Å². The average molecular weight is 279 g/mol. The second kappa shape index (κ2) is 4.71. The molecule has 0 saturated carbocycles. The molecule has 0 radical (unpaired) electrons. The minimum Gasteiger partial charge on any atom is -0.363 e. The van der Waals surface area contributed by atoms with Crippen LogP contribution in [0.1, 0.15) is 24.4 Å². The number of amides is 1. The number of anilines is 1. The van der Waals surface area contributed by atoms with Crippen LogP contribution in [0.15, 0.2) is 60.7 Å². The van der Waals surface area contributed by atoms with E-state index in [1.165, 1.54) is 0 Å². The third-order valence-electron chi connectivity index (χ3n) is 4.48. The van der Waals surface area contributed by atoms with Crippen LogP contribution in [0.5, 0.6) is 0 Å². The fourth-order valence-corrected chi connectivity index (χ4v) is 3.53. The molecule has 0 aromatic heterocycles. The van der Waals surface area contributed by atoms with Gasteiger partial charge < -0.3 is 4.74 Å². The number of nitrogens with zero attached hydrogens (tertiary/aromatic N) is 1. The number of rotatable bonds is 2. The fourth-order valence-electron chi connectivity index (χ4n) is 3.53. The molecule has 0 aliphatic carbocycles. The summed E-state index contributed by atoms with van der Waals surface area (Å²) in [4.78, 5) is 14.6. The molecule has 3 nitrogen and oxygen atoms in total. The van der Waals surface area contributed by atoms with Gasteiger partial charge in [-0.2, -0.15) is 0 Å². The van der Waals surface area contributed by atoms with Crippen molar-refractivity contribution in [2.75, 3.05) is 11.5 Å². The maximum atomic E-state index is 12.8. The SMILES string of the molecule is O=C1N(c2ccccc2)[C@@H](c2ccccc2)[C@@]12CCCO2. The number of β-lactam (4-membered cyclic amide) rings is 1. The first-order valence-corrected chi connectivity index (χ1v) is 7.40. The maximum absolute atomic E-state index is 12.8. The van der Waals surface area contributed by atoms with Gasteiger partial charge >= 0.3 is 0 Å². The highest BCUT2D eigenvalue weighted by atomic mass is 16.5. The largest absolute Gasteiger partial charge is 0.363 e. The van der Waals surface area contributed by atoms with Gasteiger partial charge in [0.05, 0.1) is 0 Å². The van der Waals surface area contributed by atoms with E-state index in [1.54, 1.807) is 0 Å². The summed E-state index contributed by atoms with van der Waals surface area (Å²) in [6.45, 7) is 0.678. The number of hydrogen-bond acceptors (Lipinski definition) is 2. The van der Waals surface area contributed by atoms with Crippen molar-refractivity contribution in [1.29, 1.82) is 0 Å². The molecule has 2 heterocycles. The lowest BCUT2D eigenvalue weighted by molar-refractivity contribution is -0.156. The van der Waals surface area contributed by atoms with Gasteiger partial charge in [0.25, 0.3) is 5.91 Å². The standard InChI is InChI=1S/C18H17NO2/c20-17-18(12-7-13-21-18)16(14-8-3-1-4-9-14)19(17)15-10-5-2-6-11-15/h1-6,8-11,16H,7,12-13H2/t16-,18-/m0/s1. The molecule has 2 atom stereocenters. The summed E-state index contributed by atoms with van der Waals surface area (Å²) in [5.41, 5.74) is 1.44. The normalized spacial score (nSPS) is 27.9. The molecule has 0 bridgehead atoms. The van der Waals surface area contributed by atoms with Crippen LogP contribution in [0.2, 0.25) is 0 Å². The van der Waals surface area contributed by atoms with Crippen LogP contribution >= 0.6 is 0 Å². The second-order valence-electron chi connectivity index (χ2n) is 5.67. The first kappa shape index (κ1) is 12.6. The Morgan fingerprint density at radius 3 is 2.29 bits per heavy atom. The minimum absolute atomic E-state index is 0.0175. The molecule has 2 saturated heterocycles. The lowest BCUT2D eigenvalue weighted by Crippen LogP contribution is -2.68. The lowest BCUT2D eigenvalue weighted by Gasteiger charge is -2.53. The number of hydrogen-bond donors (Lipinski definition) is 0. The maximum Gasteiger partial charge on any atom is 0.262 e. The molecular weight excluding hydrogens is 262 g/mol. The lowest BCUT2D eigenvalue weighted by atomic mass is 9.75. The van der Waals surface area contributed by atoms with Crippen LogP contribution in [0, 0.1) is 0 Å². The zero-order chi connectivity index (χ0) is 14.3. The number of ether oxygens (including phenoxy) is 1. The van der Waals surface area contributed by atoms with Gasteiger partial charge in [-0.1, -0.05) is 48.5 Å². The number of carbonyl (C=O) groups is 1. The van der Waals surface area contributed by atoms with Gasteiger partial charge in [-0.3, -0.25) is 9.69 Å². The van der Waals surface area contributed by atoms with Crippen molar-refractivity contribution in [3.63, 3.8) is 0 Å². The van der Waals surface area contributed by atoms with Gasteiger partial charge in [-0.15, -0.1) is 0 Å². The first-order chi connectivity index (χ1) is 10.3. The molecule has 0 unspecified atom stereocenters. The Morgan fingerprint density at radius 1 is 1.00 bits per heavy atom. The quantitative estimate of drug-likeness (QED) is 0.789. The first-order valence-electron chi connectivity index (χ1n) is 7.40. The molecule has 2 aliphatic heterocycles. The highest BCUT2D eigenvalue weighted by Crippen LogP contribution is 2.52. The monoisotopic (exact) mass is 279 g/mol. The summed E-state index contributed by atoms with van der Waals surface area (Å²) in [5, 5.41) is 0. The zero-order valence-corrected chi connectivity index (χ0v) is 11.7. The van der Waals surface area contributed by atoms with E-state index in [1.807, 2.05) is 53.4 Å². The van der Waals surface area contributed by atoms with Crippen LogP contribution < -0.4 is 4.90 Å². The van der Waals surface area contributed by atoms with Gasteiger partial charge in [-0.05, 0) is 30.5 Å². The number of benzene rings is 2. The van der Waals surface area contributed by atoms with Crippen molar-refractivity contribution in [2.45, 2.75) is 24.5 Å². The molecule has 3 heteroatoms. The van der Waals surface area contributed by atoms with Crippen LogP contribution in [0.3, 0.4) is 0 Å². The second-order valence-corrected chi connectivity index (χ2v) is 5.67. The summed E-state index contributed by atoms with van der Waals surface area (Å²) in [5.74, 6) is 0.0973. The summed E-state index contributed by atoms with van der Waals surface area (Å²) >= 11 is 0. The third-order valence-corrected chi connectivity index (χ3v) is 4.48. The molecule has 21 heavy (non-hydrogen) atoms. The average Bonchev–Trinajstić information content (AvgIpc) is 3.06. The third kappa shape index (κ3) is 1.74. The predicted octanol–water partition coefficient (Wildman–Crippen LogP) is 3.32. The molecule has 4 rings (SSSR count). The van der Waals surface area contributed by atoms with Gasteiger partial charge in [0, 0.05) is 12.3 Å². The van der Waals surface area contributed by atoms with Crippen LogP contribution in [-0.4, -0.2) is 18.1 Å². The van der Waals surface area contributed by atoms with Crippen molar-refractivity contribution in [3.8, 4) is 0 Å². The molecule has 1 spiro atoms. The highest BCUT2D eigenvalue weighted by Gasteiger charge is 2.64. The molecular formula is C18H17NO2. The van der Waals surface area contributed by atoms with Gasteiger partial charge in [0.1, 0.15) is 6.04 Å². The van der Waals surface area contributed by atoms with E-state index in [9.17, 15) is 4.79 Å². The van der Waals surface area contributed by atoms with Crippen molar-refractivity contribution in [3.05, 3.63) is 66.2 Å². The number of para-hydroxylation sites is 1. The van der Waals surface area contributed by atoms with Crippen molar-refractivity contribution >= 4 is 11.6 Å². The summed E-state index contributed by atoms with van der Waals surface area (Å²) < 4.78 is 5.92. The Balaban J connectivity index is 1.79. The Kier molecular flexibility index (Phi) is 2.82. The minimum atomic E-state index is -0.642. The Hall–Kier alpha value is -2.13. The zero-order valence-electron chi connectivity index (χ0n) is 11.7. The van der Waals surface area contributed by atoms with Gasteiger partial charge in [0.2, 0.25) is 0 Å². The summed E-state index contributed by atoms with van der Waals surface area (Å²) in [6, 6.07) is 20.0. The summed E-state index contributed by atoms with van der Waals surface area (Å²) in [6.07, 6.45) is 1.77. The summed E-state index contributed by atoms with van der Waals surface area (Å²) in [7, 11) is 0. The Morgan fingerprint density at radius 2 is 1.67 bits per heavy atom. The fraction of sp³-hybridized carbons (Fsp3) is 0.278. The van der Waals surface area contributed by atoms with Crippen LogP contribution in [0.25, 0.3) is 0 Å². The van der Waals surface area contributed by atoms with Crippen molar-refractivity contribution < 1.29 is 9.53 Å². The van der Waals surface area contributed by atoms with Crippen LogP contribution in [0.4, 0.5) is 5.69 Å². The van der Waals surface area contributed by atoms with Gasteiger partial charge in [-0.25, -0.2) is 0 Å². The van der Waals surface area contributed by atoms with E-state index in [0.29, 0.717) is 6.61 Å². The van der Waals surface area contributed by atoms with Crippen molar-refractivity contribution in [1.82, 2.24) is 0 Å². The van der Waals surface area contributed by atoms with Crippen LogP contribution in [-0.2, 0) is 9.53 Å². The Labute approximate surface area is 124 Å². The molecule has 106 valence electrons. The molecule has 2 aromatic rings. The molecule has 2 aliphatic rings.